The number of phenolic OH excluding ortho intramolecular Hbond substituents is 1. The molecule has 2 bridgehead atoms. The molecule has 1 unspecified atom stereocenters. The third-order valence-corrected chi connectivity index (χ3v) is 6.31. The summed E-state index contributed by atoms with van der Waals surface area (Å²) < 4.78 is 17.1. The molecule has 31 heavy (non-hydrogen) atoms. The second-order valence-corrected chi connectivity index (χ2v) is 8.96. The summed E-state index contributed by atoms with van der Waals surface area (Å²) in [5.74, 6) is 0.971. The number of benzene rings is 1. The highest BCUT2D eigenvalue weighted by atomic mass is 19.1. The van der Waals surface area contributed by atoms with Gasteiger partial charge in [0.25, 0.3) is 0 Å². The van der Waals surface area contributed by atoms with Crippen molar-refractivity contribution in [2.75, 3.05) is 0 Å². The van der Waals surface area contributed by atoms with Gasteiger partial charge in [-0.15, -0.1) is 10.2 Å². The number of nitrogens with one attached hydrogen (secondary N) is 1. The molecule has 0 radical (unpaired) electrons. The molecule has 7 nitrogen and oxygen atoms in total. The number of aromatic hydroxyl groups is 1. The molecular weight excluding hydrogens is 395 g/mol. The number of imidazole rings is 1. The molecule has 4 atom stereocenters. The minimum Gasteiger partial charge on any atom is -0.507 e. The van der Waals surface area contributed by atoms with Crippen LogP contribution in [-0.4, -0.2) is 47.6 Å². The number of halogens is 1. The molecule has 4 heterocycles. The van der Waals surface area contributed by atoms with Crippen molar-refractivity contribution >= 4 is 6.08 Å². The van der Waals surface area contributed by atoms with Gasteiger partial charge in [-0.05, 0) is 55.9 Å². The SMILES string of the molecule is CC1C[C@H]2C/C(=C/c3ncc(-c4ccc(-n5ccnc5)cc4O)nn3)[C@@H](F)[C@@](C)(C1)N2. The Morgan fingerprint density at radius 1 is 1.32 bits per heavy atom. The summed E-state index contributed by atoms with van der Waals surface area (Å²) in [5, 5.41) is 22.3. The molecule has 2 aromatic heterocycles. The van der Waals surface area contributed by atoms with Gasteiger partial charge in [-0.2, -0.15) is 0 Å². The number of rotatable bonds is 3. The van der Waals surface area contributed by atoms with E-state index in [1.165, 1.54) is 0 Å². The molecule has 1 aromatic carbocycles. The van der Waals surface area contributed by atoms with E-state index in [9.17, 15) is 5.11 Å². The third-order valence-electron chi connectivity index (χ3n) is 6.31. The van der Waals surface area contributed by atoms with E-state index in [4.69, 9.17) is 0 Å². The first-order chi connectivity index (χ1) is 14.9. The Balaban J connectivity index is 1.38. The van der Waals surface area contributed by atoms with Gasteiger partial charge in [0.05, 0.1) is 23.8 Å². The van der Waals surface area contributed by atoms with Crippen molar-refractivity contribution in [2.24, 2.45) is 5.92 Å². The second kappa shape index (κ2) is 7.53. The van der Waals surface area contributed by atoms with Gasteiger partial charge in [-0.1, -0.05) is 6.92 Å². The van der Waals surface area contributed by atoms with E-state index in [0.717, 1.165) is 24.1 Å². The lowest BCUT2D eigenvalue weighted by atomic mass is 9.70. The van der Waals surface area contributed by atoms with Crippen LogP contribution >= 0.6 is 0 Å². The zero-order valence-corrected chi connectivity index (χ0v) is 17.5. The van der Waals surface area contributed by atoms with E-state index in [-0.39, 0.29) is 11.8 Å². The highest BCUT2D eigenvalue weighted by molar-refractivity contribution is 5.68. The minimum absolute atomic E-state index is 0.0745. The van der Waals surface area contributed by atoms with Gasteiger partial charge in [0.2, 0.25) is 0 Å². The fourth-order valence-corrected chi connectivity index (χ4v) is 5.07. The van der Waals surface area contributed by atoms with Gasteiger partial charge in [0, 0.05) is 30.1 Å². The van der Waals surface area contributed by atoms with Crippen LogP contribution in [0.2, 0.25) is 0 Å². The average Bonchev–Trinajstić information content (AvgIpc) is 3.27. The van der Waals surface area contributed by atoms with Crippen molar-refractivity contribution in [1.82, 2.24) is 30.0 Å². The van der Waals surface area contributed by atoms with Crippen LogP contribution in [0, 0.1) is 5.92 Å². The molecule has 0 spiro atoms. The molecule has 0 saturated carbocycles. The first kappa shape index (κ1) is 19.8. The zero-order valence-electron chi connectivity index (χ0n) is 17.5. The molecule has 3 aromatic rings. The van der Waals surface area contributed by atoms with E-state index in [1.807, 2.05) is 13.0 Å². The normalized spacial score (nSPS) is 29.3. The van der Waals surface area contributed by atoms with Crippen LogP contribution < -0.4 is 5.32 Å². The maximum absolute atomic E-state index is 15.3. The van der Waals surface area contributed by atoms with Gasteiger partial charge >= 0.3 is 0 Å². The van der Waals surface area contributed by atoms with Gasteiger partial charge in [0.15, 0.2) is 5.82 Å². The fraction of sp³-hybridized carbons (Fsp3) is 0.391. The Morgan fingerprint density at radius 3 is 2.90 bits per heavy atom. The van der Waals surface area contributed by atoms with E-state index in [2.05, 4.69) is 32.4 Å². The van der Waals surface area contributed by atoms with Crippen LogP contribution in [-0.2, 0) is 0 Å². The maximum Gasteiger partial charge on any atom is 0.174 e. The lowest BCUT2D eigenvalue weighted by Gasteiger charge is -2.49. The predicted octanol–water partition coefficient (Wildman–Crippen LogP) is 3.70. The van der Waals surface area contributed by atoms with E-state index >= 15 is 4.39 Å². The van der Waals surface area contributed by atoms with Crippen LogP contribution in [0.25, 0.3) is 23.0 Å². The fourth-order valence-electron chi connectivity index (χ4n) is 5.07. The average molecular weight is 420 g/mol. The van der Waals surface area contributed by atoms with Crippen molar-refractivity contribution in [1.29, 1.82) is 0 Å². The Hall–Kier alpha value is -3.13. The summed E-state index contributed by atoms with van der Waals surface area (Å²) >= 11 is 0. The molecule has 2 aliphatic heterocycles. The van der Waals surface area contributed by atoms with Crippen molar-refractivity contribution < 1.29 is 9.50 Å². The number of hydrogen-bond acceptors (Lipinski definition) is 6. The van der Waals surface area contributed by atoms with Crippen molar-refractivity contribution in [3.05, 3.63) is 54.5 Å². The second-order valence-electron chi connectivity index (χ2n) is 8.96. The highest BCUT2D eigenvalue weighted by Crippen LogP contribution is 2.41. The smallest absolute Gasteiger partial charge is 0.174 e. The monoisotopic (exact) mass is 420 g/mol. The zero-order chi connectivity index (χ0) is 21.6. The Bertz CT molecular complexity index is 1110. The molecule has 2 aliphatic rings. The lowest BCUT2D eigenvalue weighted by Crippen LogP contribution is -2.63. The summed E-state index contributed by atoms with van der Waals surface area (Å²) in [6, 6.07) is 5.54. The molecule has 0 aliphatic carbocycles. The number of aromatic nitrogens is 5. The summed E-state index contributed by atoms with van der Waals surface area (Å²) in [6.45, 7) is 4.16. The third kappa shape index (κ3) is 3.72. The minimum atomic E-state index is -1.07. The summed E-state index contributed by atoms with van der Waals surface area (Å²) in [6.07, 6.45) is 9.86. The van der Waals surface area contributed by atoms with Gasteiger partial charge < -0.3 is 15.0 Å². The number of nitrogens with zero attached hydrogens (tertiary/aromatic N) is 5. The van der Waals surface area contributed by atoms with Crippen LogP contribution in [0.1, 0.15) is 38.9 Å². The molecule has 8 heteroatoms. The van der Waals surface area contributed by atoms with Crippen LogP contribution in [0.3, 0.4) is 0 Å². The highest BCUT2D eigenvalue weighted by Gasteiger charge is 2.47. The lowest BCUT2D eigenvalue weighted by molar-refractivity contribution is 0.0731. The quantitative estimate of drug-likeness (QED) is 0.672. The Kier molecular flexibility index (Phi) is 4.81. The topological polar surface area (TPSA) is 88.8 Å². The standard InChI is InChI=1S/C23H25FN6O/c1-14-7-16-8-15(22(24)23(2,11-14)27-16)9-21-26-12-19(28-29-21)18-4-3-17(10-20(18)31)30-6-5-25-13-30/h3-6,9-10,12-14,16,22,27,31H,7-8,11H2,1-2H3/b15-9-/t14?,16-,22+,23+/m0/s1. The van der Waals surface area contributed by atoms with Gasteiger partial charge in [-0.25, -0.2) is 14.4 Å². The van der Waals surface area contributed by atoms with Crippen LogP contribution in [0.15, 0.2) is 48.7 Å². The van der Waals surface area contributed by atoms with Crippen molar-refractivity contribution in [3.8, 4) is 22.7 Å². The van der Waals surface area contributed by atoms with E-state index in [0.29, 0.717) is 29.4 Å². The number of fused-ring (bicyclic) bond motifs is 2. The molecule has 2 N–H and O–H groups in total. The van der Waals surface area contributed by atoms with Crippen molar-refractivity contribution in [3.63, 3.8) is 0 Å². The van der Waals surface area contributed by atoms with E-state index in [1.54, 1.807) is 47.7 Å². The largest absolute Gasteiger partial charge is 0.507 e. The first-order valence-electron chi connectivity index (χ1n) is 10.5. The molecule has 2 saturated heterocycles. The molecular formula is C23H25FN6O. The number of piperidine rings is 2. The molecule has 5 rings (SSSR count). The Labute approximate surface area is 180 Å². The van der Waals surface area contributed by atoms with E-state index < -0.39 is 11.7 Å². The summed E-state index contributed by atoms with van der Waals surface area (Å²) in [7, 11) is 0. The number of hydrogen-bond donors (Lipinski definition) is 2. The summed E-state index contributed by atoms with van der Waals surface area (Å²) in [5.41, 5.74) is 1.96. The molecule has 160 valence electrons. The van der Waals surface area contributed by atoms with Crippen LogP contribution in [0.5, 0.6) is 5.75 Å². The van der Waals surface area contributed by atoms with Gasteiger partial charge in [0.1, 0.15) is 17.6 Å². The maximum atomic E-state index is 15.3. The van der Waals surface area contributed by atoms with Crippen LogP contribution in [0.4, 0.5) is 4.39 Å². The predicted molar refractivity (Wildman–Crippen MR) is 115 cm³/mol. The number of alkyl halides is 1. The first-order valence-corrected chi connectivity index (χ1v) is 10.5. The van der Waals surface area contributed by atoms with Crippen molar-refractivity contribution in [2.45, 2.75) is 50.9 Å². The van der Waals surface area contributed by atoms with Gasteiger partial charge in [-0.3, -0.25) is 0 Å². The molecule has 0 amide bonds. The Morgan fingerprint density at radius 2 is 2.19 bits per heavy atom. The summed E-state index contributed by atoms with van der Waals surface area (Å²) in [4.78, 5) is 8.38. The number of phenols is 1. The molecule has 2 fully saturated rings.